The number of fused-ring (bicyclic) bond motifs is 1. The molecule has 0 aliphatic carbocycles. The molecule has 0 amide bonds. The first kappa shape index (κ1) is 6.90. The standard InChI is InChI=1S/C7H8N4O/c1-12-7-2-6-9-3-5(8)4-11(6)10-7/h2-4H,8H2,1H3. The van der Waals surface area contributed by atoms with Crippen LogP contribution in [0.1, 0.15) is 0 Å². The fourth-order valence-corrected chi connectivity index (χ4v) is 0.969. The summed E-state index contributed by atoms with van der Waals surface area (Å²) >= 11 is 0. The molecule has 0 fully saturated rings. The summed E-state index contributed by atoms with van der Waals surface area (Å²) in [7, 11) is 1.56. The lowest BCUT2D eigenvalue weighted by Crippen LogP contribution is -1.93. The molecule has 2 aromatic rings. The van der Waals surface area contributed by atoms with Crippen molar-refractivity contribution in [3.63, 3.8) is 0 Å². The fourth-order valence-electron chi connectivity index (χ4n) is 0.969. The number of nitrogens with two attached hydrogens (primary N) is 1. The van der Waals surface area contributed by atoms with Gasteiger partial charge in [0.05, 0.1) is 25.2 Å². The zero-order chi connectivity index (χ0) is 8.55. The first-order valence-electron chi connectivity index (χ1n) is 3.44. The molecule has 2 rings (SSSR count). The van der Waals surface area contributed by atoms with E-state index in [9.17, 15) is 0 Å². The van der Waals surface area contributed by atoms with Crippen LogP contribution in [-0.4, -0.2) is 21.7 Å². The van der Waals surface area contributed by atoms with E-state index in [1.165, 1.54) is 0 Å². The van der Waals surface area contributed by atoms with Gasteiger partial charge in [0.15, 0.2) is 5.65 Å². The normalized spacial score (nSPS) is 10.4. The van der Waals surface area contributed by atoms with E-state index in [1.54, 1.807) is 30.1 Å². The van der Waals surface area contributed by atoms with E-state index in [0.717, 1.165) is 5.65 Å². The number of nitrogens with zero attached hydrogens (tertiary/aromatic N) is 3. The first-order chi connectivity index (χ1) is 5.79. The van der Waals surface area contributed by atoms with Crippen molar-refractivity contribution in [2.45, 2.75) is 0 Å². The minimum absolute atomic E-state index is 0.535. The van der Waals surface area contributed by atoms with E-state index in [1.807, 2.05) is 0 Å². The molecule has 12 heavy (non-hydrogen) atoms. The lowest BCUT2D eigenvalue weighted by Gasteiger charge is -1.92. The molecule has 5 nitrogen and oxygen atoms in total. The Morgan fingerprint density at radius 1 is 1.58 bits per heavy atom. The van der Waals surface area contributed by atoms with Gasteiger partial charge in [0.1, 0.15) is 0 Å². The second-order valence-electron chi connectivity index (χ2n) is 2.38. The molecule has 0 bridgehead atoms. The van der Waals surface area contributed by atoms with Gasteiger partial charge in [0, 0.05) is 6.07 Å². The van der Waals surface area contributed by atoms with Gasteiger partial charge >= 0.3 is 0 Å². The molecule has 0 saturated carbocycles. The van der Waals surface area contributed by atoms with Crippen LogP contribution in [0.25, 0.3) is 5.65 Å². The molecule has 0 spiro atoms. The number of hydrogen-bond acceptors (Lipinski definition) is 4. The molecule has 5 heteroatoms. The molecule has 0 radical (unpaired) electrons. The maximum Gasteiger partial charge on any atom is 0.235 e. The van der Waals surface area contributed by atoms with Crippen LogP contribution < -0.4 is 10.5 Å². The zero-order valence-corrected chi connectivity index (χ0v) is 6.56. The minimum Gasteiger partial charge on any atom is -0.480 e. The Balaban J connectivity index is 2.67. The van der Waals surface area contributed by atoms with Crippen LogP contribution in [0.5, 0.6) is 5.88 Å². The summed E-state index contributed by atoms with van der Waals surface area (Å²) in [4.78, 5) is 4.04. The van der Waals surface area contributed by atoms with E-state index in [2.05, 4.69) is 10.1 Å². The molecule has 0 saturated heterocycles. The molecule has 62 valence electrons. The molecule has 0 aromatic carbocycles. The average molecular weight is 164 g/mol. The van der Waals surface area contributed by atoms with Gasteiger partial charge in [0.25, 0.3) is 0 Å². The van der Waals surface area contributed by atoms with Crippen LogP contribution in [0.2, 0.25) is 0 Å². The predicted molar refractivity (Wildman–Crippen MR) is 44.0 cm³/mol. The van der Waals surface area contributed by atoms with Crippen LogP contribution in [0.4, 0.5) is 5.69 Å². The molecule has 0 aliphatic rings. The predicted octanol–water partition coefficient (Wildman–Crippen LogP) is 0.320. The third-order valence-electron chi connectivity index (χ3n) is 1.52. The van der Waals surface area contributed by atoms with Crippen LogP contribution in [-0.2, 0) is 0 Å². The van der Waals surface area contributed by atoms with E-state index in [0.29, 0.717) is 11.6 Å². The topological polar surface area (TPSA) is 65.4 Å². The number of aromatic nitrogens is 3. The number of nitrogen functional groups attached to an aromatic ring is 1. The Labute approximate surface area is 68.8 Å². The van der Waals surface area contributed by atoms with Gasteiger partial charge in [0.2, 0.25) is 5.88 Å². The van der Waals surface area contributed by atoms with Crippen LogP contribution in [0, 0.1) is 0 Å². The van der Waals surface area contributed by atoms with Crippen molar-refractivity contribution in [1.29, 1.82) is 0 Å². The van der Waals surface area contributed by atoms with Crippen molar-refractivity contribution < 1.29 is 4.74 Å². The largest absolute Gasteiger partial charge is 0.480 e. The number of methoxy groups -OCH3 is 1. The molecule has 2 N–H and O–H groups in total. The summed E-state index contributed by atoms with van der Waals surface area (Å²) in [6.07, 6.45) is 3.27. The monoisotopic (exact) mass is 164 g/mol. The minimum atomic E-state index is 0.535. The van der Waals surface area contributed by atoms with E-state index < -0.39 is 0 Å². The van der Waals surface area contributed by atoms with Gasteiger partial charge in [-0.25, -0.2) is 9.50 Å². The maximum atomic E-state index is 5.51. The highest BCUT2D eigenvalue weighted by Gasteiger charge is 2.00. The van der Waals surface area contributed by atoms with Crippen molar-refractivity contribution >= 4 is 11.3 Å². The van der Waals surface area contributed by atoms with Gasteiger partial charge in [-0.2, -0.15) is 0 Å². The van der Waals surface area contributed by atoms with Crippen LogP contribution in [0.3, 0.4) is 0 Å². The van der Waals surface area contributed by atoms with Crippen LogP contribution in [0.15, 0.2) is 18.5 Å². The second-order valence-corrected chi connectivity index (χ2v) is 2.38. The zero-order valence-electron chi connectivity index (χ0n) is 6.56. The Bertz CT molecular complexity index is 409. The van der Waals surface area contributed by atoms with Gasteiger partial charge in [-0.1, -0.05) is 0 Å². The van der Waals surface area contributed by atoms with Gasteiger partial charge in [-0.15, -0.1) is 5.10 Å². The lowest BCUT2D eigenvalue weighted by molar-refractivity contribution is 0.395. The molecule has 0 unspecified atom stereocenters. The Morgan fingerprint density at radius 2 is 2.42 bits per heavy atom. The molecular weight excluding hydrogens is 156 g/mol. The summed E-state index contributed by atoms with van der Waals surface area (Å²) in [6.45, 7) is 0. The second kappa shape index (κ2) is 2.37. The maximum absolute atomic E-state index is 5.51. The third-order valence-corrected chi connectivity index (χ3v) is 1.52. The van der Waals surface area contributed by atoms with E-state index in [-0.39, 0.29) is 0 Å². The molecule has 0 atom stereocenters. The first-order valence-corrected chi connectivity index (χ1v) is 3.44. The number of hydrogen-bond donors (Lipinski definition) is 1. The van der Waals surface area contributed by atoms with E-state index >= 15 is 0 Å². The van der Waals surface area contributed by atoms with Gasteiger partial charge < -0.3 is 10.5 Å². The van der Waals surface area contributed by atoms with Crippen molar-refractivity contribution in [1.82, 2.24) is 14.6 Å². The van der Waals surface area contributed by atoms with Crippen molar-refractivity contribution in [2.24, 2.45) is 0 Å². The highest BCUT2D eigenvalue weighted by molar-refractivity contribution is 5.45. The Morgan fingerprint density at radius 3 is 3.17 bits per heavy atom. The summed E-state index contributed by atoms with van der Waals surface area (Å²) in [5.41, 5.74) is 6.81. The molecule has 0 aliphatic heterocycles. The molecule has 2 heterocycles. The smallest absolute Gasteiger partial charge is 0.235 e. The Hall–Kier alpha value is -1.78. The quantitative estimate of drug-likeness (QED) is 0.659. The highest BCUT2D eigenvalue weighted by atomic mass is 16.5. The molecule has 2 aromatic heterocycles. The van der Waals surface area contributed by atoms with Crippen molar-refractivity contribution in [2.75, 3.05) is 12.8 Å². The summed E-state index contributed by atoms with van der Waals surface area (Å²) in [5, 5.41) is 4.04. The average Bonchev–Trinajstić information content (AvgIpc) is 2.46. The highest BCUT2D eigenvalue weighted by Crippen LogP contribution is 2.11. The SMILES string of the molecule is COc1cc2ncc(N)cn2n1. The number of anilines is 1. The van der Waals surface area contributed by atoms with Gasteiger partial charge in [-0.05, 0) is 0 Å². The summed E-state index contributed by atoms with van der Waals surface area (Å²) in [6, 6.07) is 1.74. The lowest BCUT2D eigenvalue weighted by atomic mass is 10.5. The number of ether oxygens (including phenoxy) is 1. The fraction of sp³-hybridized carbons (Fsp3) is 0.143. The van der Waals surface area contributed by atoms with Gasteiger partial charge in [-0.3, -0.25) is 0 Å². The summed E-state index contributed by atoms with van der Waals surface area (Å²) in [5.74, 6) is 0.535. The molecular formula is C7H8N4O. The third kappa shape index (κ3) is 0.952. The number of rotatable bonds is 1. The van der Waals surface area contributed by atoms with Crippen LogP contribution >= 0.6 is 0 Å². The Kier molecular flexibility index (Phi) is 1.36. The van der Waals surface area contributed by atoms with E-state index in [4.69, 9.17) is 10.5 Å². The van der Waals surface area contributed by atoms with Crippen molar-refractivity contribution in [3.8, 4) is 5.88 Å². The van der Waals surface area contributed by atoms with Crippen molar-refractivity contribution in [3.05, 3.63) is 18.5 Å². The summed E-state index contributed by atoms with van der Waals surface area (Å²) < 4.78 is 6.50.